The van der Waals surface area contributed by atoms with Crippen molar-refractivity contribution >= 4 is 28.1 Å². The van der Waals surface area contributed by atoms with Gasteiger partial charge in [-0.2, -0.15) is 0 Å². The molecule has 1 aliphatic rings. The van der Waals surface area contributed by atoms with Gasteiger partial charge in [0.25, 0.3) is 0 Å². The largest absolute Gasteiger partial charge is 0.472 e. The fourth-order valence-corrected chi connectivity index (χ4v) is 3.79. The molecule has 0 spiro atoms. The van der Waals surface area contributed by atoms with E-state index in [1.165, 1.54) is 12.4 Å². The van der Waals surface area contributed by atoms with Crippen LogP contribution >= 0.6 is 0 Å². The van der Waals surface area contributed by atoms with Gasteiger partial charge in [-0.15, -0.1) is 0 Å². The Labute approximate surface area is 180 Å². The molecule has 0 radical (unpaired) electrons. The van der Waals surface area contributed by atoms with Gasteiger partial charge in [0.05, 0.1) is 16.5 Å². The highest BCUT2D eigenvalue weighted by atomic mass is 19.1. The summed E-state index contributed by atoms with van der Waals surface area (Å²) in [5.74, 6) is 0.212. The maximum Gasteiger partial charge on any atom is 0.238 e. The van der Waals surface area contributed by atoms with E-state index in [0.29, 0.717) is 41.7 Å². The Hall–Kier alpha value is -3.04. The summed E-state index contributed by atoms with van der Waals surface area (Å²) in [6.45, 7) is 2.95. The molecule has 164 valence electrons. The minimum absolute atomic E-state index is 0.108. The van der Waals surface area contributed by atoms with E-state index in [9.17, 15) is 9.50 Å². The third kappa shape index (κ3) is 5.18. The van der Waals surface area contributed by atoms with Crippen LogP contribution in [-0.2, 0) is 0 Å². The summed E-state index contributed by atoms with van der Waals surface area (Å²) in [5.41, 5.74) is 6.30. The van der Waals surface area contributed by atoms with Crippen LogP contribution in [0, 0.1) is 5.82 Å². The van der Waals surface area contributed by atoms with E-state index in [0.717, 1.165) is 25.7 Å². The average molecular weight is 426 g/mol. The van der Waals surface area contributed by atoms with E-state index < -0.39 is 11.4 Å². The number of β-amino-alcohol motifs (C(OH)–C–C–N with tert-alkyl or cyclic N) is 1. The topological polar surface area (TPSA) is 118 Å². The van der Waals surface area contributed by atoms with Gasteiger partial charge < -0.3 is 26.2 Å². The fourth-order valence-electron chi connectivity index (χ4n) is 3.79. The molecule has 0 bridgehead atoms. The zero-order chi connectivity index (χ0) is 21.8. The van der Waals surface area contributed by atoms with Crippen molar-refractivity contribution in [2.24, 2.45) is 0 Å². The van der Waals surface area contributed by atoms with Crippen LogP contribution in [0.15, 0.2) is 36.8 Å². The van der Waals surface area contributed by atoms with Gasteiger partial charge in [0.15, 0.2) is 0 Å². The number of hydrogen-bond donors (Lipinski definition) is 4. The van der Waals surface area contributed by atoms with E-state index >= 15 is 0 Å². The highest BCUT2D eigenvalue weighted by Gasteiger charge is 2.23. The van der Waals surface area contributed by atoms with Crippen molar-refractivity contribution in [1.82, 2.24) is 20.3 Å². The smallest absolute Gasteiger partial charge is 0.238 e. The van der Waals surface area contributed by atoms with Gasteiger partial charge in [0, 0.05) is 25.0 Å². The molecule has 2 unspecified atom stereocenters. The van der Waals surface area contributed by atoms with E-state index in [-0.39, 0.29) is 11.5 Å². The lowest BCUT2D eigenvalue weighted by molar-refractivity contribution is 0.0493. The maximum absolute atomic E-state index is 14.6. The normalized spacial score (nSPS) is 22.4. The first-order valence-corrected chi connectivity index (χ1v) is 10.4. The van der Waals surface area contributed by atoms with E-state index in [1.807, 2.05) is 6.92 Å². The highest BCUT2D eigenvalue weighted by molar-refractivity contribution is 5.93. The first-order valence-electron chi connectivity index (χ1n) is 10.4. The second-order valence-corrected chi connectivity index (χ2v) is 8.21. The molecule has 3 aromatic rings. The summed E-state index contributed by atoms with van der Waals surface area (Å²) >= 11 is 0. The molecule has 0 aliphatic carbocycles. The first kappa shape index (κ1) is 21.2. The van der Waals surface area contributed by atoms with Crippen molar-refractivity contribution in [3.05, 3.63) is 42.6 Å². The van der Waals surface area contributed by atoms with E-state index in [2.05, 4.69) is 25.6 Å². The van der Waals surface area contributed by atoms with Crippen molar-refractivity contribution in [3.8, 4) is 5.88 Å². The number of aliphatic hydroxyl groups is 1. The minimum Gasteiger partial charge on any atom is -0.472 e. The Bertz CT molecular complexity index is 1060. The summed E-state index contributed by atoms with van der Waals surface area (Å²) < 4.78 is 20.8. The molecule has 1 fully saturated rings. The van der Waals surface area contributed by atoms with Crippen molar-refractivity contribution in [1.29, 1.82) is 0 Å². The molecular weight excluding hydrogens is 399 g/mol. The number of anilines is 3. The van der Waals surface area contributed by atoms with E-state index in [4.69, 9.17) is 10.5 Å². The number of nitrogens with two attached hydrogens (primary N) is 1. The number of halogens is 1. The Kier molecular flexibility index (Phi) is 6.15. The molecule has 31 heavy (non-hydrogen) atoms. The van der Waals surface area contributed by atoms with Crippen LogP contribution < -0.4 is 21.1 Å². The Morgan fingerprint density at radius 2 is 2.16 bits per heavy atom. The number of fused-ring (bicyclic) bond motifs is 1. The van der Waals surface area contributed by atoms with Gasteiger partial charge >= 0.3 is 0 Å². The van der Waals surface area contributed by atoms with Crippen molar-refractivity contribution in [2.45, 2.75) is 44.3 Å². The molecule has 2 aromatic heterocycles. The molecular formula is C22H27FN6O2. The van der Waals surface area contributed by atoms with Gasteiger partial charge in [-0.1, -0.05) is 6.42 Å². The number of pyridine rings is 1. The molecule has 2 atom stereocenters. The maximum atomic E-state index is 14.6. The first-order chi connectivity index (χ1) is 14.9. The molecule has 1 saturated heterocycles. The molecule has 5 N–H and O–H groups in total. The van der Waals surface area contributed by atoms with Crippen molar-refractivity contribution in [2.75, 3.05) is 24.1 Å². The minimum atomic E-state index is -0.714. The summed E-state index contributed by atoms with van der Waals surface area (Å²) in [4.78, 5) is 12.7. The monoisotopic (exact) mass is 426 g/mol. The second kappa shape index (κ2) is 8.99. The van der Waals surface area contributed by atoms with Gasteiger partial charge in [-0.3, -0.25) is 0 Å². The molecule has 4 rings (SSSR count). The van der Waals surface area contributed by atoms with Crippen LogP contribution in [-0.4, -0.2) is 44.9 Å². The number of benzene rings is 1. The second-order valence-electron chi connectivity index (χ2n) is 8.21. The number of nitrogen functional groups attached to an aromatic ring is 1. The van der Waals surface area contributed by atoms with Crippen molar-refractivity contribution in [3.63, 3.8) is 0 Å². The fraction of sp³-hybridized carbons (Fsp3) is 0.409. The quantitative estimate of drug-likeness (QED) is 0.470. The zero-order valence-corrected chi connectivity index (χ0v) is 17.4. The Morgan fingerprint density at radius 3 is 3.03 bits per heavy atom. The summed E-state index contributed by atoms with van der Waals surface area (Å²) in [6, 6.07) is 6.42. The SMILES string of the molecule is CC1(O)CCCCC(Oc2ncccc2Nc2ncnc3cc(N)cc(F)c23)CNC1. The third-order valence-electron chi connectivity index (χ3n) is 5.38. The molecule has 1 aliphatic heterocycles. The van der Waals surface area contributed by atoms with Crippen LogP contribution in [0.5, 0.6) is 5.88 Å². The molecule has 0 saturated carbocycles. The Balaban J connectivity index is 1.56. The number of nitrogens with one attached hydrogen (secondary N) is 2. The number of hydrogen-bond acceptors (Lipinski definition) is 8. The van der Waals surface area contributed by atoms with Crippen molar-refractivity contribution < 1.29 is 14.2 Å². The molecule has 9 heteroatoms. The predicted octanol–water partition coefficient (Wildman–Crippen LogP) is 3.15. The summed E-state index contributed by atoms with van der Waals surface area (Å²) in [5, 5.41) is 17.0. The number of nitrogens with zero attached hydrogens (tertiary/aromatic N) is 3. The average Bonchev–Trinajstić information content (AvgIpc) is 2.79. The lowest BCUT2D eigenvalue weighted by Crippen LogP contribution is -2.40. The zero-order valence-electron chi connectivity index (χ0n) is 17.4. The van der Waals surface area contributed by atoms with Crippen LogP contribution in [0.25, 0.3) is 10.9 Å². The lowest BCUT2D eigenvalue weighted by Gasteiger charge is -2.23. The molecule has 8 nitrogen and oxygen atoms in total. The van der Waals surface area contributed by atoms with Crippen LogP contribution in [0.3, 0.4) is 0 Å². The highest BCUT2D eigenvalue weighted by Crippen LogP contribution is 2.31. The molecule has 0 amide bonds. The van der Waals surface area contributed by atoms with Crippen LogP contribution in [0.2, 0.25) is 0 Å². The van der Waals surface area contributed by atoms with Gasteiger partial charge in [-0.25, -0.2) is 19.3 Å². The van der Waals surface area contributed by atoms with Gasteiger partial charge in [-0.05, 0) is 50.5 Å². The summed E-state index contributed by atoms with van der Waals surface area (Å²) in [6.07, 6.45) is 6.35. The number of rotatable bonds is 4. The van der Waals surface area contributed by atoms with Gasteiger partial charge in [0.1, 0.15) is 29.8 Å². The van der Waals surface area contributed by atoms with E-state index in [1.54, 1.807) is 24.4 Å². The molecule has 1 aromatic carbocycles. The Morgan fingerprint density at radius 1 is 1.29 bits per heavy atom. The van der Waals surface area contributed by atoms with Crippen LogP contribution in [0.4, 0.5) is 21.6 Å². The number of aromatic nitrogens is 3. The van der Waals surface area contributed by atoms with Crippen LogP contribution in [0.1, 0.15) is 32.6 Å². The third-order valence-corrected chi connectivity index (χ3v) is 5.38. The summed E-state index contributed by atoms with van der Waals surface area (Å²) in [7, 11) is 0. The predicted molar refractivity (Wildman–Crippen MR) is 118 cm³/mol. The number of ether oxygens (including phenoxy) is 1. The standard InChI is InChI=1S/C22H27FN6O2/c1-22(30)7-3-2-5-15(11-25-12-22)31-21-17(6-4-8-26-21)29-20-19-16(23)9-14(24)10-18(19)27-13-28-20/h4,6,8-10,13,15,25,30H,2-3,5,7,11-12,24H2,1H3,(H,27,28,29). The molecule has 3 heterocycles. The van der Waals surface area contributed by atoms with Gasteiger partial charge in [0.2, 0.25) is 5.88 Å². The lowest BCUT2D eigenvalue weighted by atomic mass is 9.99.